The Morgan fingerprint density at radius 2 is 1.60 bits per heavy atom. The van der Waals surface area contributed by atoms with E-state index >= 15 is 0 Å². The Balaban J connectivity index is 1.65. The molecule has 4 nitrogen and oxygen atoms in total. The van der Waals surface area contributed by atoms with E-state index in [4.69, 9.17) is 11.6 Å². The van der Waals surface area contributed by atoms with E-state index < -0.39 is 4.87 Å². The number of rotatable bonds is 3. The van der Waals surface area contributed by atoms with Gasteiger partial charge in [-0.1, -0.05) is 60.1 Å². The first-order chi connectivity index (χ1) is 14.5. The molecule has 2 aliphatic rings. The molecule has 1 spiro atoms. The summed E-state index contributed by atoms with van der Waals surface area (Å²) >= 11 is 7.45. The molecule has 5 rings (SSSR count). The maximum Gasteiger partial charge on any atom is 0.269 e. The summed E-state index contributed by atoms with van der Waals surface area (Å²) in [4.78, 5) is 29.6. The Morgan fingerprint density at radius 1 is 0.933 bits per heavy atom. The van der Waals surface area contributed by atoms with Gasteiger partial charge in [-0.25, -0.2) is 0 Å². The van der Waals surface area contributed by atoms with Crippen LogP contribution < -0.4 is 9.80 Å². The summed E-state index contributed by atoms with van der Waals surface area (Å²) in [6, 6.07) is 24.7. The fourth-order valence-electron chi connectivity index (χ4n) is 4.24. The van der Waals surface area contributed by atoms with Gasteiger partial charge in [0.15, 0.2) is 0 Å². The van der Waals surface area contributed by atoms with E-state index in [-0.39, 0.29) is 17.1 Å². The van der Waals surface area contributed by atoms with Crippen molar-refractivity contribution in [3.63, 3.8) is 0 Å². The van der Waals surface area contributed by atoms with Crippen LogP contribution in [0.15, 0.2) is 78.9 Å². The number of carbonyl (C=O) groups excluding carboxylic acids is 2. The number of para-hydroxylation sites is 2. The molecule has 2 atom stereocenters. The minimum absolute atomic E-state index is 0.0531. The van der Waals surface area contributed by atoms with E-state index in [0.29, 0.717) is 11.6 Å². The minimum Gasteiger partial charge on any atom is -0.304 e. The van der Waals surface area contributed by atoms with E-state index in [1.807, 2.05) is 85.8 Å². The highest BCUT2D eigenvalue weighted by Gasteiger charge is 2.63. The van der Waals surface area contributed by atoms with Crippen LogP contribution >= 0.6 is 23.4 Å². The van der Waals surface area contributed by atoms with Crippen LogP contribution in [0.5, 0.6) is 0 Å². The van der Waals surface area contributed by atoms with Gasteiger partial charge in [0, 0.05) is 16.3 Å². The second kappa shape index (κ2) is 7.18. The molecule has 0 aromatic heterocycles. The van der Waals surface area contributed by atoms with Crippen molar-refractivity contribution in [3.8, 4) is 0 Å². The monoisotopic (exact) mass is 434 g/mol. The molecule has 2 heterocycles. The van der Waals surface area contributed by atoms with Crippen LogP contribution in [0, 0.1) is 0 Å². The van der Waals surface area contributed by atoms with Crippen molar-refractivity contribution in [2.75, 3.05) is 9.80 Å². The van der Waals surface area contributed by atoms with Crippen molar-refractivity contribution >= 4 is 46.6 Å². The standard InChI is InChI=1S/C24H19ClN2O2S/c1-16-22(28)27(19-7-3-2-4-8-19)24(30-16)20-9-5-6-10-21(20)26(23(24)29)15-17-11-13-18(25)14-12-17/h2-14,16H,15H2,1H3/t16-,24+/m0/s1. The molecule has 2 amide bonds. The van der Waals surface area contributed by atoms with Crippen LogP contribution in [0.3, 0.4) is 0 Å². The van der Waals surface area contributed by atoms with Gasteiger partial charge in [0.05, 0.1) is 17.5 Å². The zero-order chi connectivity index (χ0) is 20.9. The summed E-state index contributed by atoms with van der Waals surface area (Å²) in [6.07, 6.45) is 0. The first kappa shape index (κ1) is 19.2. The molecule has 0 N–H and O–H groups in total. The number of amides is 2. The van der Waals surface area contributed by atoms with Gasteiger partial charge in [-0.3, -0.25) is 14.5 Å². The molecule has 3 aromatic rings. The number of halogens is 1. The van der Waals surface area contributed by atoms with Gasteiger partial charge in [0.25, 0.3) is 5.91 Å². The fourth-order valence-corrected chi connectivity index (χ4v) is 5.90. The Labute approximate surface area is 184 Å². The number of benzene rings is 3. The maximum absolute atomic E-state index is 14.0. The van der Waals surface area contributed by atoms with Gasteiger partial charge in [-0.15, -0.1) is 11.8 Å². The number of hydrogen-bond acceptors (Lipinski definition) is 3. The summed E-state index contributed by atoms with van der Waals surface area (Å²) < 4.78 is 0. The van der Waals surface area contributed by atoms with Gasteiger partial charge in [-0.2, -0.15) is 0 Å². The molecule has 0 unspecified atom stereocenters. The largest absolute Gasteiger partial charge is 0.304 e. The summed E-state index contributed by atoms with van der Waals surface area (Å²) in [5.41, 5.74) is 3.41. The topological polar surface area (TPSA) is 40.6 Å². The highest BCUT2D eigenvalue weighted by molar-refractivity contribution is 8.03. The molecule has 1 fully saturated rings. The van der Waals surface area contributed by atoms with E-state index in [2.05, 4.69) is 0 Å². The molecule has 3 aromatic carbocycles. The molecule has 1 saturated heterocycles. The highest BCUT2D eigenvalue weighted by atomic mass is 35.5. The average Bonchev–Trinajstić information content (AvgIpc) is 3.16. The molecule has 0 aliphatic carbocycles. The number of thioether (sulfide) groups is 1. The zero-order valence-corrected chi connectivity index (χ0v) is 17.9. The van der Waals surface area contributed by atoms with E-state index in [9.17, 15) is 9.59 Å². The molecule has 6 heteroatoms. The maximum atomic E-state index is 14.0. The lowest BCUT2D eigenvalue weighted by Crippen LogP contribution is -2.49. The van der Waals surface area contributed by atoms with Crippen molar-refractivity contribution in [2.24, 2.45) is 0 Å². The van der Waals surface area contributed by atoms with Crippen LogP contribution in [-0.2, 0) is 21.0 Å². The van der Waals surface area contributed by atoms with Crippen molar-refractivity contribution in [3.05, 3.63) is 95.0 Å². The third kappa shape index (κ3) is 2.76. The number of carbonyl (C=O) groups is 2. The molecular formula is C24H19ClN2O2S. The highest BCUT2D eigenvalue weighted by Crippen LogP contribution is 2.57. The van der Waals surface area contributed by atoms with E-state index in [1.54, 1.807) is 9.80 Å². The minimum atomic E-state index is -1.10. The van der Waals surface area contributed by atoms with Gasteiger partial charge in [-0.05, 0) is 42.8 Å². The van der Waals surface area contributed by atoms with Crippen molar-refractivity contribution < 1.29 is 9.59 Å². The summed E-state index contributed by atoms with van der Waals surface area (Å²) in [5, 5.41) is 0.335. The molecular weight excluding hydrogens is 416 g/mol. The SMILES string of the molecule is C[C@@H]1S[C@]2(C(=O)N(Cc3ccc(Cl)cc3)c3ccccc32)N(c2ccccc2)C1=O. The van der Waals surface area contributed by atoms with Gasteiger partial charge in [0.1, 0.15) is 0 Å². The number of nitrogens with zero attached hydrogens (tertiary/aromatic N) is 2. The molecule has 0 bridgehead atoms. The zero-order valence-electron chi connectivity index (χ0n) is 16.3. The summed E-state index contributed by atoms with van der Waals surface area (Å²) in [6.45, 7) is 2.29. The van der Waals surface area contributed by atoms with Crippen molar-refractivity contribution in [1.29, 1.82) is 0 Å². The number of anilines is 2. The third-order valence-electron chi connectivity index (χ3n) is 5.59. The lowest BCUT2D eigenvalue weighted by molar-refractivity contribution is -0.124. The van der Waals surface area contributed by atoms with Crippen LogP contribution in [0.2, 0.25) is 5.02 Å². The lowest BCUT2D eigenvalue weighted by Gasteiger charge is -2.33. The number of fused-ring (bicyclic) bond motifs is 2. The van der Waals surface area contributed by atoms with E-state index in [1.165, 1.54) is 11.8 Å². The first-order valence-corrected chi connectivity index (χ1v) is 11.0. The predicted octanol–water partition coefficient (Wildman–Crippen LogP) is 5.21. The molecule has 30 heavy (non-hydrogen) atoms. The van der Waals surface area contributed by atoms with Gasteiger partial charge < -0.3 is 4.90 Å². The van der Waals surface area contributed by atoms with Crippen LogP contribution in [0.4, 0.5) is 11.4 Å². The first-order valence-electron chi connectivity index (χ1n) is 9.75. The van der Waals surface area contributed by atoms with Gasteiger partial charge in [0.2, 0.25) is 10.8 Å². The fraction of sp³-hybridized carbons (Fsp3) is 0.167. The van der Waals surface area contributed by atoms with Crippen molar-refractivity contribution in [1.82, 2.24) is 0 Å². The quantitative estimate of drug-likeness (QED) is 0.568. The van der Waals surface area contributed by atoms with Gasteiger partial charge >= 0.3 is 0 Å². The number of hydrogen-bond donors (Lipinski definition) is 0. The smallest absolute Gasteiger partial charge is 0.269 e. The third-order valence-corrected chi connectivity index (χ3v) is 7.32. The molecule has 0 saturated carbocycles. The lowest BCUT2D eigenvalue weighted by atomic mass is 10.0. The molecule has 0 radical (unpaired) electrons. The van der Waals surface area contributed by atoms with Crippen LogP contribution in [0.1, 0.15) is 18.1 Å². The summed E-state index contributed by atoms with van der Waals surface area (Å²) in [7, 11) is 0. The average molecular weight is 435 g/mol. The van der Waals surface area contributed by atoms with E-state index in [0.717, 1.165) is 22.5 Å². The van der Waals surface area contributed by atoms with Crippen molar-refractivity contribution in [2.45, 2.75) is 23.6 Å². The van der Waals surface area contributed by atoms with Crippen LogP contribution in [-0.4, -0.2) is 17.1 Å². The van der Waals surface area contributed by atoms with Crippen LogP contribution in [0.25, 0.3) is 0 Å². The normalized spacial score (nSPS) is 22.8. The summed E-state index contributed by atoms with van der Waals surface area (Å²) in [5.74, 6) is -0.145. The second-order valence-corrected chi connectivity index (χ2v) is 9.42. The Hall–Kier alpha value is -2.76. The second-order valence-electron chi connectivity index (χ2n) is 7.45. The molecule has 150 valence electrons. The Bertz CT molecular complexity index is 1140. The Kier molecular flexibility index (Phi) is 4.60. The molecule has 2 aliphatic heterocycles. The predicted molar refractivity (Wildman–Crippen MR) is 122 cm³/mol. The Morgan fingerprint density at radius 3 is 2.33 bits per heavy atom.